The summed E-state index contributed by atoms with van der Waals surface area (Å²) in [5.41, 5.74) is 1.96. The zero-order valence-electron chi connectivity index (χ0n) is 19.1. The lowest BCUT2D eigenvalue weighted by Gasteiger charge is -2.34. The molecule has 0 bridgehead atoms. The molecular formula is C26H30N2O5. The first-order chi connectivity index (χ1) is 16.1. The topological polar surface area (TPSA) is 79.3 Å². The van der Waals surface area contributed by atoms with Crippen LogP contribution < -0.4 is 14.4 Å². The van der Waals surface area contributed by atoms with E-state index >= 15 is 0 Å². The van der Waals surface area contributed by atoms with Gasteiger partial charge in [-0.3, -0.25) is 9.59 Å². The van der Waals surface area contributed by atoms with Crippen molar-refractivity contribution in [2.75, 3.05) is 38.3 Å². The highest BCUT2D eigenvalue weighted by Gasteiger charge is 2.43. The third kappa shape index (κ3) is 4.59. The Morgan fingerprint density at radius 2 is 1.70 bits per heavy atom. The number of imide groups is 1. The summed E-state index contributed by atoms with van der Waals surface area (Å²) < 4.78 is 10.9. The molecular weight excluding hydrogens is 420 g/mol. The van der Waals surface area contributed by atoms with E-state index in [4.69, 9.17) is 9.47 Å². The van der Waals surface area contributed by atoms with Gasteiger partial charge >= 0.3 is 0 Å². The lowest BCUT2D eigenvalue weighted by molar-refractivity contribution is -0.120. The molecule has 2 aliphatic rings. The number of hydrogen-bond acceptors (Lipinski definition) is 6. The van der Waals surface area contributed by atoms with Gasteiger partial charge in [0.05, 0.1) is 25.0 Å². The quantitative estimate of drug-likeness (QED) is 0.621. The monoisotopic (exact) mass is 450 g/mol. The molecule has 1 unspecified atom stereocenters. The van der Waals surface area contributed by atoms with Crippen LogP contribution in [0.2, 0.25) is 0 Å². The Bertz CT molecular complexity index is 1030. The van der Waals surface area contributed by atoms with Crippen molar-refractivity contribution in [1.82, 2.24) is 4.90 Å². The Kier molecular flexibility index (Phi) is 6.99. The Labute approximate surface area is 194 Å². The number of nitrogens with zero attached hydrogens (tertiary/aromatic N) is 2. The van der Waals surface area contributed by atoms with Gasteiger partial charge in [-0.05, 0) is 67.1 Å². The summed E-state index contributed by atoms with van der Waals surface area (Å²) in [6.07, 6.45) is 2.67. The van der Waals surface area contributed by atoms with E-state index in [0.29, 0.717) is 48.0 Å². The predicted octanol–water partition coefficient (Wildman–Crippen LogP) is 3.47. The minimum absolute atomic E-state index is 0.0624. The maximum Gasteiger partial charge on any atom is 0.282 e. The normalized spacial score (nSPS) is 18.8. The highest BCUT2D eigenvalue weighted by Crippen LogP contribution is 2.37. The van der Waals surface area contributed by atoms with Gasteiger partial charge in [-0.2, -0.15) is 0 Å². The first-order valence-electron chi connectivity index (χ1n) is 11.4. The Balaban J connectivity index is 1.73. The molecule has 2 aromatic carbocycles. The number of likely N-dealkylation sites (tertiary alicyclic amines) is 1. The molecule has 2 aromatic rings. The molecule has 2 amide bonds. The largest absolute Gasteiger partial charge is 0.497 e. The summed E-state index contributed by atoms with van der Waals surface area (Å²) in [5, 5.41) is 9.70. The van der Waals surface area contributed by atoms with Crippen LogP contribution in [0.25, 0.3) is 5.57 Å². The average molecular weight is 451 g/mol. The number of ether oxygens (including phenoxy) is 2. The minimum Gasteiger partial charge on any atom is -0.497 e. The van der Waals surface area contributed by atoms with E-state index in [-0.39, 0.29) is 24.3 Å². The van der Waals surface area contributed by atoms with Crippen molar-refractivity contribution >= 4 is 23.1 Å². The lowest BCUT2D eigenvalue weighted by atomic mass is 9.97. The number of aliphatic hydroxyl groups is 1. The summed E-state index contributed by atoms with van der Waals surface area (Å²) in [7, 11) is 1.57. The molecule has 1 fully saturated rings. The maximum absolute atomic E-state index is 13.6. The molecule has 0 aliphatic carbocycles. The summed E-state index contributed by atoms with van der Waals surface area (Å²) in [4.78, 5) is 30.5. The summed E-state index contributed by atoms with van der Waals surface area (Å²) >= 11 is 0. The number of anilines is 1. The minimum atomic E-state index is -0.353. The number of carbonyl (C=O) groups is 2. The molecule has 4 rings (SSSR count). The van der Waals surface area contributed by atoms with E-state index in [1.807, 2.05) is 36.1 Å². The van der Waals surface area contributed by atoms with Crippen LogP contribution >= 0.6 is 0 Å². The van der Waals surface area contributed by atoms with Gasteiger partial charge in [0.1, 0.15) is 17.2 Å². The molecule has 0 radical (unpaired) electrons. The predicted molar refractivity (Wildman–Crippen MR) is 126 cm³/mol. The van der Waals surface area contributed by atoms with Gasteiger partial charge in [-0.1, -0.05) is 19.1 Å². The van der Waals surface area contributed by atoms with Crippen LogP contribution in [0.3, 0.4) is 0 Å². The molecule has 7 heteroatoms. The van der Waals surface area contributed by atoms with Crippen molar-refractivity contribution in [3.63, 3.8) is 0 Å². The number of benzene rings is 2. The van der Waals surface area contributed by atoms with Gasteiger partial charge in [0.25, 0.3) is 11.8 Å². The molecule has 0 aromatic heterocycles. The van der Waals surface area contributed by atoms with E-state index in [2.05, 4.69) is 0 Å². The molecule has 1 atom stereocenters. The van der Waals surface area contributed by atoms with Crippen molar-refractivity contribution in [3.8, 4) is 11.5 Å². The number of carbonyl (C=O) groups excluding carboxylic acids is 2. The highest BCUT2D eigenvalue weighted by molar-refractivity contribution is 6.45. The van der Waals surface area contributed by atoms with E-state index < -0.39 is 0 Å². The fraction of sp³-hybridized carbons (Fsp3) is 0.385. The highest BCUT2D eigenvalue weighted by atomic mass is 16.5. The van der Waals surface area contributed by atoms with Gasteiger partial charge in [-0.15, -0.1) is 0 Å². The zero-order valence-corrected chi connectivity index (χ0v) is 19.1. The van der Waals surface area contributed by atoms with Crippen LogP contribution in [0.5, 0.6) is 11.5 Å². The number of rotatable bonds is 8. The van der Waals surface area contributed by atoms with E-state index in [1.54, 1.807) is 31.4 Å². The SMILES string of the molecule is CCCOc1ccc(C2=C(N3CCCC(CO)C3)C(=O)N(c3ccc(OC)cc3)C2=O)cc1. The van der Waals surface area contributed by atoms with Crippen LogP contribution in [0.1, 0.15) is 31.7 Å². The molecule has 0 spiro atoms. The third-order valence-electron chi connectivity index (χ3n) is 6.10. The number of methoxy groups -OCH3 is 1. The summed E-state index contributed by atoms with van der Waals surface area (Å²) in [6, 6.07) is 14.2. The standard InChI is InChI=1S/C26H30N2O5/c1-3-15-33-22-10-6-19(7-11-22)23-24(27-14-4-5-18(16-27)17-29)26(31)28(25(23)30)20-8-12-21(32-2)13-9-20/h6-13,18,29H,3-5,14-17H2,1-2H3. The van der Waals surface area contributed by atoms with E-state index in [0.717, 1.165) is 25.0 Å². The molecule has 2 heterocycles. The average Bonchev–Trinajstić information content (AvgIpc) is 3.12. The second-order valence-corrected chi connectivity index (χ2v) is 8.38. The summed E-state index contributed by atoms with van der Waals surface area (Å²) in [6.45, 7) is 3.93. The molecule has 0 saturated carbocycles. The Hall–Kier alpha value is -3.32. The molecule has 2 aliphatic heterocycles. The first kappa shape index (κ1) is 22.9. The van der Waals surface area contributed by atoms with Crippen LogP contribution in [0.15, 0.2) is 54.2 Å². The second kappa shape index (κ2) is 10.1. The van der Waals surface area contributed by atoms with Crippen LogP contribution in [-0.4, -0.2) is 55.2 Å². The number of piperidine rings is 1. The maximum atomic E-state index is 13.6. The second-order valence-electron chi connectivity index (χ2n) is 8.38. The first-order valence-corrected chi connectivity index (χ1v) is 11.4. The van der Waals surface area contributed by atoms with Crippen molar-refractivity contribution in [1.29, 1.82) is 0 Å². The zero-order chi connectivity index (χ0) is 23.4. The van der Waals surface area contributed by atoms with Crippen LogP contribution in [0, 0.1) is 5.92 Å². The summed E-state index contributed by atoms with van der Waals surface area (Å²) in [5.74, 6) is 0.759. The molecule has 174 valence electrons. The number of hydrogen-bond donors (Lipinski definition) is 1. The van der Waals surface area contributed by atoms with Gasteiger partial charge in [0.15, 0.2) is 0 Å². The smallest absolute Gasteiger partial charge is 0.282 e. The molecule has 1 saturated heterocycles. The lowest BCUT2D eigenvalue weighted by Crippen LogP contribution is -2.40. The number of aliphatic hydroxyl groups excluding tert-OH is 1. The van der Waals surface area contributed by atoms with Gasteiger partial charge in [-0.25, -0.2) is 4.90 Å². The Morgan fingerprint density at radius 3 is 2.33 bits per heavy atom. The fourth-order valence-electron chi connectivity index (χ4n) is 4.39. The van der Waals surface area contributed by atoms with Gasteiger partial charge in [0, 0.05) is 19.7 Å². The van der Waals surface area contributed by atoms with Gasteiger partial charge in [0.2, 0.25) is 0 Å². The van der Waals surface area contributed by atoms with E-state index in [9.17, 15) is 14.7 Å². The molecule has 7 nitrogen and oxygen atoms in total. The van der Waals surface area contributed by atoms with Crippen molar-refractivity contribution < 1.29 is 24.2 Å². The van der Waals surface area contributed by atoms with Crippen molar-refractivity contribution in [2.24, 2.45) is 5.92 Å². The third-order valence-corrected chi connectivity index (χ3v) is 6.10. The molecule has 33 heavy (non-hydrogen) atoms. The van der Waals surface area contributed by atoms with Gasteiger partial charge < -0.3 is 19.5 Å². The van der Waals surface area contributed by atoms with Crippen molar-refractivity contribution in [3.05, 3.63) is 59.8 Å². The fourth-order valence-corrected chi connectivity index (χ4v) is 4.39. The Morgan fingerprint density at radius 1 is 1.00 bits per heavy atom. The van der Waals surface area contributed by atoms with Crippen LogP contribution in [-0.2, 0) is 9.59 Å². The molecule has 1 N–H and O–H groups in total. The van der Waals surface area contributed by atoms with E-state index in [1.165, 1.54) is 4.90 Å². The van der Waals surface area contributed by atoms with Crippen molar-refractivity contribution in [2.45, 2.75) is 26.2 Å². The number of amides is 2. The van der Waals surface area contributed by atoms with Crippen LogP contribution in [0.4, 0.5) is 5.69 Å².